The van der Waals surface area contributed by atoms with Crippen LogP contribution in [-0.4, -0.2) is 4.05 Å². The Morgan fingerprint density at radius 2 is 1.20 bits per heavy atom. The monoisotopic (exact) mass is 330 g/mol. The van der Waals surface area contributed by atoms with E-state index in [2.05, 4.69) is 50.8 Å². The SMILES string of the molecule is CC(C)(C)[C]12[CH]3[CH]4[C]5(P)[C]1(C(C)(C)C)[Fe]43521678[CH]2[CH]1[CH]6[CH]7[CH]28. The van der Waals surface area contributed by atoms with E-state index in [0.29, 0.717) is 10.8 Å². The molecule has 0 aliphatic carbocycles. The summed E-state index contributed by atoms with van der Waals surface area (Å²) in [7, 11) is 3.68. The molecule has 0 aromatic carbocycles. The minimum atomic E-state index is -3.30. The standard InChI is InChI=1S/C13H22P.C5H5.Fe/c1-12(2,3)9-7-8-10(14)11(9)13(4,5)6;1-2-4-5-3-1;/h7-8H,14H2,1-6H3;1-5H;. The van der Waals surface area contributed by atoms with E-state index in [-0.39, 0.29) is 0 Å². The summed E-state index contributed by atoms with van der Waals surface area (Å²) in [6, 6.07) is 0. The van der Waals surface area contributed by atoms with Gasteiger partial charge in [-0.05, 0) is 0 Å². The van der Waals surface area contributed by atoms with Crippen molar-refractivity contribution >= 4 is 9.24 Å². The van der Waals surface area contributed by atoms with Crippen LogP contribution in [0.25, 0.3) is 0 Å². The first-order valence-corrected chi connectivity index (χ1v) is 15.5. The van der Waals surface area contributed by atoms with E-state index in [4.69, 9.17) is 0 Å². The Morgan fingerprint density at radius 3 is 1.35 bits per heavy atom. The second-order valence-electron chi connectivity index (χ2n) is 14.4. The van der Waals surface area contributed by atoms with Gasteiger partial charge in [0.05, 0.1) is 0 Å². The van der Waals surface area contributed by atoms with Crippen LogP contribution in [0.4, 0.5) is 0 Å². The van der Waals surface area contributed by atoms with Crippen LogP contribution in [0.15, 0.2) is 0 Å². The van der Waals surface area contributed by atoms with Gasteiger partial charge in [-0.2, -0.15) is 0 Å². The van der Waals surface area contributed by atoms with Crippen molar-refractivity contribution in [3.8, 4) is 0 Å². The molecule has 0 N–H and O–H groups in total. The second-order valence-corrected chi connectivity index (χ2v) is 38.8. The van der Waals surface area contributed by atoms with Crippen LogP contribution in [0.5, 0.6) is 0 Å². The molecular weight excluding hydrogens is 303 g/mol. The molecular formula is C18H27FeP. The molecule has 0 saturated carbocycles. The van der Waals surface area contributed by atoms with E-state index in [0.717, 1.165) is 12.7 Å². The Bertz CT molecular complexity index is 1120. The van der Waals surface area contributed by atoms with Crippen LogP contribution >= 0.6 is 9.24 Å². The third-order valence-corrected chi connectivity index (χ3v) is 67.1. The van der Waals surface area contributed by atoms with Crippen LogP contribution < -0.4 is 0 Å². The normalized spacial score (nSPS) is 112. The van der Waals surface area contributed by atoms with Crippen molar-refractivity contribution in [2.45, 2.75) is 87.9 Å². The van der Waals surface area contributed by atoms with Crippen LogP contribution in [0.2, 0.25) is 42.3 Å². The molecule has 10 heterocycles. The van der Waals surface area contributed by atoms with E-state index < -0.39 is 6.51 Å². The fraction of sp³-hybridized carbons (Fsp3) is 1.00. The van der Waals surface area contributed by atoms with Gasteiger partial charge in [-0.3, -0.25) is 0 Å². The minimum absolute atomic E-state index is 0.599. The van der Waals surface area contributed by atoms with Crippen LogP contribution in [0, 0.1) is 10.8 Å². The molecule has 0 aromatic heterocycles. The summed E-state index contributed by atoms with van der Waals surface area (Å²) in [6.07, 6.45) is 0. The first-order chi connectivity index (χ1) is 8.83. The summed E-state index contributed by atoms with van der Waals surface area (Å²) in [6.45, 7) is 12.8. The molecule has 0 nitrogen and oxygen atoms in total. The molecule has 10 rings (SSSR count). The zero-order valence-electron chi connectivity index (χ0n) is 13.5. The van der Waals surface area contributed by atoms with Crippen molar-refractivity contribution in [1.29, 1.82) is 0 Å². The average Bonchev–Trinajstić information content (AvgIpc) is 3.19. The molecule has 10 aliphatic heterocycles. The molecule has 20 heavy (non-hydrogen) atoms. The second kappa shape index (κ2) is 0.762. The van der Waals surface area contributed by atoms with Crippen molar-refractivity contribution in [3.63, 3.8) is 0 Å². The van der Waals surface area contributed by atoms with Crippen molar-refractivity contribution in [3.05, 3.63) is 0 Å². The Balaban J connectivity index is 1.69. The van der Waals surface area contributed by atoms with Crippen molar-refractivity contribution in [1.82, 2.24) is 0 Å². The molecule has 0 bridgehead atoms. The maximum atomic E-state index is 3.68. The third kappa shape index (κ3) is 0.0903. The first kappa shape index (κ1) is 9.30. The van der Waals surface area contributed by atoms with Gasteiger partial charge >= 0.3 is 115 Å². The average molecular weight is 330 g/mol. The summed E-state index contributed by atoms with van der Waals surface area (Å²) in [5, 5.41) is 0. The molecule has 2 heteroatoms. The van der Waals surface area contributed by atoms with Gasteiger partial charge in [0.25, 0.3) is 0 Å². The molecule has 10 fully saturated rings. The summed E-state index contributed by atoms with van der Waals surface area (Å²) in [4.78, 5) is 9.79. The predicted molar refractivity (Wildman–Crippen MR) is 83.0 cm³/mol. The molecule has 112 valence electrons. The Hall–Kier alpha value is 0.949. The van der Waals surface area contributed by atoms with Gasteiger partial charge in [0.15, 0.2) is 0 Å². The Kier molecular flexibility index (Phi) is 0.354. The molecule has 6 atom stereocenters. The summed E-state index contributed by atoms with van der Waals surface area (Å²) in [5.41, 5.74) is 1.22. The summed E-state index contributed by atoms with van der Waals surface area (Å²) >= 11 is 0. The third-order valence-electron chi connectivity index (χ3n) is 17.3. The molecule has 0 amide bonds. The number of rotatable bonds is 0. The van der Waals surface area contributed by atoms with Crippen molar-refractivity contribution in [2.75, 3.05) is 0 Å². The molecule has 0 radical (unpaired) electrons. The number of hydrogen-bond donors (Lipinski definition) is 0. The van der Waals surface area contributed by atoms with E-state index in [1.807, 2.05) is 0 Å². The quantitative estimate of drug-likeness (QED) is 0.378. The number of fused-ring (bicyclic) bond motifs is 10. The Labute approximate surface area is 114 Å². The van der Waals surface area contributed by atoms with E-state index in [1.54, 1.807) is 0 Å². The molecule has 0 aromatic rings. The van der Waals surface area contributed by atoms with Crippen LogP contribution in [0.3, 0.4) is 0 Å². The van der Waals surface area contributed by atoms with Gasteiger partial charge in [0.1, 0.15) is 0 Å². The molecule has 10 saturated heterocycles. The fourth-order valence-electron chi connectivity index (χ4n) is 21.6. The van der Waals surface area contributed by atoms with Gasteiger partial charge in [-0.25, -0.2) is 0 Å². The van der Waals surface area contributed by atoms with Gasteiger partial charge in [-0.15, -0.1) is 0 Å². The molecule has 6 unspecified atom stereocenters. The zero-order chi connectivity index (χ0) is 13.9. The first-order valence-electron chi connectivity index (χ1n) is 8.83. The molecule has 1 spiro atoms. The predicted octanol–water partition coefficient (Wildman–Crippen LogP) is 5.99. The summed E-state index contributed by atoms with van der Waals surface area (Å²) < 4.78 is 2.77. The summed E-state index contributed by atoms with van der Waals surface area (Å²) in [5.74, 6) is 0. The topological polar surface area (TPSA) is 0 Å². The Morgan fingerprint density at radius 1 is 0.750 bits per heavy atom. The van der Waals surface area contributed by atoms with Gasteiger partial charge in [0, 0.05) is 0 Å². The van der Waals surface area contributed by atoms with E-state index >= 15 is 0 Å². The van der Waals surface area contributed by atoms with Crippen molar-refractivity contribution < 1.29 is 6.51 Å². The van der Waals surface area contributed by atoms with Crippen LogP contribution in [-0.2, 0) is 6.51 Å². The number of hydrogen-bond acceptors (Lipinski definition) is 0. The van der Waals surface area contributed by atoms with Gasteiger partial charge < -0.3 is 0 Å². The fourth-order valence-corrected chi connectivity index (χ4v) is 114. The van der Waals surface area contributed by atoms with Crippen molar-refractivity contribution in [2.24, 2.45) is 10.8 Å². The van der Waals surface area contributed by atoms with Gasteiger partial charge in [-0.1, -0.05) is 0 Å². The van der Waals surface area contributed by atoms with E-state index in [9.17, 15) is 0 Å². The zero-order valence-corrected chi connectivity index (χ0v) is 15.7. The maximum absolute atomic E-state index is 3.68. The molecule has 10 aliphatic rings. The van der Waals surface area contributed by atoms with E-state index in [1.165, 1.54) is 33.7 Å². The van der Waals surface area contributed by atoms with Crippen LogP contribution in [0.1, 0.15) is 41.5 Å². The van der Waals surface area contributed by atoms with Gasteiger partial charge in [0.2, 0.25) is 0 Å².